The van der Waals surface area contributed by atoms with Crippen molar-refractivity contribution in [2.24, 2.45) is 7.05 Å². The molecule has 26 heavy (non-hydrogen) atoms. The average molecular weight is 352 g/mol. The highest BCUT2D eigenvalue weighted by atomic mass is 19.1. The van der Waals surface area contributed by atoms with Gasteiger partial charge in [-0.1, -0.05) is 12.1 Å². The highest BCUT2D eigenvalue weighted by Gasteiger charge is 2.10. The molecule has 0 spiro atoms. The van der Waals surface area contributed by atoms with Gasteiger partial charge in [-0.15, -0.1) is 0 Å². The number of anilines is 3. The Morgan fingerprint density at radius 1 is 1.42 bits per heavy atom. The van der Waals surface area contributed by atoms with Gasteiger partial charge in [0.25, 0.3) is 0 Å². The number of halogens is 1. The maximum absolute atomic E-state index is 13.7. The van der Waals surface area contributed by atoms with E-state index in [9.17, 15) is 4.39 Å². The van der Waals surface area contributed by atoms with Crippen LogP contribution in [0.25, 0.3) is 0 Å². The lowest BCUT2D eigenvalue weighted by atomic mass is 10.1. The Balaban J connectivity index is 0.00000261. The first kappa shape index (κ1) is 17.0. The third-order valence-corrected chi connectivity index (χ3v) is 3.59. The monoisotopic (exact) mass is 352 g/mol. The van der Waals surface area contributed by atoms with Crippen LogP contribution in [0.2, 0.25) is 0 Å². The number of hydrogen-bond acceptors (Lipinski definition) is 7. The maximum atomic E-state index is 13.7. The summed E-state index contributed by atoms with van der Waals surface area (Å²) in [6, 6.07) is 6.31. The van der Waals surface area contributed by atoms with E-state index in [1.165, 1.54) is 12.3 Å². The highest BCUT2D eigenvalue weighted by molar-refractivity contribution is 5.84. The number of nitrogens with one attached hydrogen (secondary N) is 3. The van der Waals surface area contributed by atoms with Crippen molar-refractivity contribution in [3.8, 4) is 6.07 Å². The first-order chi connectivity index (χ1) is 12.6. The molecule has 0 aliphatic rings. The van der Waals surface area contributed by atoms with Gasteiger partial charge in [-0.3, -0.25) is 4.68 Å². The van der Waals surface area contributed by atoms with Gasteiger partial charge in [-0.25, -0.2) is 9.37 Å². The molecule has 0 aliphatic carbocycles. The predicted octanol–water partition coefficient (Wildman–Crippen LogP) is 2.82. The molecule has 0 radical (unpaired) electrons. The van der Waals surface area contributed by atoms with E-state index in [0.717, 1.165) is 11.9 Å². The number of aromatic nitrogens is 4. The van der Waals surface area contributed by atoms with Gasteiger partial charge < -0.3 is 16.0 Å². The third kappa shape index (κ3) is 3.64. The van der Waals surface area contributed by atoms with Crippen LogP contribution >= 0.6 is 0 Å². The molecule has 9 heteroatoms. The molecule has 0 saturated carbocycles. The van der Waals surface area contributed by atoms with E-state index in [0.29, 0.717) is 22.9 Å². The van der Waals surface area contributed by atoms with Crippen molar-refractivity contribution in [1.82, 2.24) is 19.7 Å². The van der Waals surface area contributed by atoms with Crippen LogP contribution in [0, 0.1) is 22.6 Å². The van der Waals surface area contributed by atoms with Gasteiger partial charge in [0.2, 0.25) is 5.95 Å². The van der Waals surface area contributed by atoms with Crippen molar-refractivity contribution in [3.63, 3.8) is 0 Å². The van der Waals surface area contributed by atoms with Gasteiger partial charge in [0, 0.05) is 33.6 Å². The minimum Gasteiger partial charge on any atom is -0.365 e. The number of aryl methyl sites for hydroxylation is 1. The van der Waals surface area contributed by atoms with Crippen molar-refractivity contribution in [1.29, 1.82) is 10.7 Å². The van der Waals surface area contributed by atoms with E-state index in [1.807, 2.05) is 6.07 Å². The second-order valence-electron chi connectivity index (χ2n) is 5.41. The molecule has 1 aromatic carbocycles. The summed E-state index contributed by atoms with van der Waals surface area (Å²) in [6.45, 7) is 0.185. The summed E-state index contributed by atoms with van der Waals surface area (Å²) in [5.74, 6) is 0.154. The highest BCUT2D eigenvalue weighted by Crippen LogP contribution is 2.18. The summed E-state index contributed by atoms with van der Waals surface area (Å²) < 4.78 is 15.3. The van der Waals surface area contributed by atoms with E-state index < -0.39 is 5.82 Å². The van der Waals surface area contributed by atoms with Crippen molar-refractivity contribution in [2.45, 2.75) is 6.54 Å². The Labute approximate surface area is 150 Å². The molecule has 0 amide bonds. The van der Waals surface area contributed by atoms with Gasteiger partial charge in [-0.2, -0.15) is 15.3 Å². The zero-order chi connectivity index (χ0) is 18.5. The van der Waals surface area contributed by atoms with Crippen LogP contribution in [0.3, 0.4) is 0 Å². The normalized spacial score (nSPS) is 10.2. The molecule has 0 unspecified atom stereocenters. The zero-order valence-corrected chi connectivity index (χ0v) is 13.9. The fraction of sp³-hybridized carbons (Fsp3) is 0.118. The summed E-state index contributed by atoms with van der Waals surface area (Å²) >= 11 is 0. The fourth-order valence-electron chi connectivity index (χ4n) is 2.33. The van der Waals surface area contributed by atoms with Crippen LogP contribution in [0.15, 0.2) is 36.8 Å². The van der Waals surface area contributed by atoms with Crippen molar-refractivity contribution < 1.29 is 5.82 Å². The molecular weight excluding hydrogens is 335 g/mol. The number of hydrogen-bond donors (Lipinski definition) is 3. The fourth-order valence-corrected chi connectivity index (χ4v) is 2.33. The number of rotatable bonds is 6. The lowest BCUT2D eigenvalue weighted by molar-refractivity contribution is 0.621. The molecule has 2 heterocycles. The Morgan fingerprint density at radius 2 is 2.27 bits per heavy atom. The standard InChI is InChI=1S/C17H15FN8.H2/c1-26-10-13(9-23-26)24-17-22-8-12(5-19)16(25-17)21-7-11-3-2-4-15(18)14(11)6-20;/h2-5,8-10,19H,7H2,1H3,(H2,21,22,24,25);1H. The summed E-state index contributed by atoms with van der Waals surface area (Å²) in [6.07, 6.45) is 6.02. The van der Waals surface area contributed by atoms with Crippen molar-refractivity contribution in [3.05, 3.63) is 59.3 Å². The smallest absolute Gasteiger partial charge is 0.229 e. The topological polar surface area (TPSA) is 115 Å². The molecule has 0 atom stereocenters. The van der Waals surface area contributed by atoms with E-state index in [4.69, 9.17) is 10.7 Å². The van der Waals surface area contributed by atoms with Crippen LogP contribution in [-0.4, -0.2) is 26.0 Å². The van der Waals surface area contributed by atoms with E-state index >= 15 is 0 Å². The zero-order valence-electron chi connectivity index (χ0n) is 13.9. The van der Waals surface area contributed by atoms with Crippen LogP contribution in [0.1, 0.15) is 18.1 Å². The van der Waals surface area contributed by atoms with E-state index in [2.05, 4.69) is 25.7 Å². The summed E-state index contributed by atoms with van der Waals surface area (Å²) in [5.41, 5.74) is 1.68. The van der Waals surface area contributed by atoms with Crippen molar-refractivity contribution in [2.75, 3.05) is 10.6 Å². The Bertz CT molecular complexity index is 995. The lowest BCUT2D eigenvalue weighted by Gasteiger charge is -2.11. The van der Waals surface area contributed by atoms with Crippen molar-refractivity contribution >= 4 is 23.7 Å². The van der Waals surface area contributed by atoms with Gasteiger partial charge in [-0.05, 0) is 11.6 Å². The molecular formula is C17H17FN8. The molecule has 3 aromatic rings. The van der Waals surface area contributed by atoms with Gasteiger partial charge in [0.15, 0.2) is 0 Å². The molecule has 3 N–H and O–H groups in total. The molecule has 0 aliphatic heterocycles. The molecule has 132 valence electrons. The summed E-state index contributed by atoms with van der Waals surface area (Å²) in [5, 5.41) is 26.7. The van der Waals surface area contributed by atoms with Crippen LogP contribution in [-0.2, 0) is 13.6 Å². The second-order valence-corrected chi connectivity index (χ2v) is 5.41. The van der Waals surface area contributed by atoms with E-state index in [-0.39, 0.29) is 13.5 Å². The number of nitriles is 1. The Kier molecular flexibility index (Phi) is 4.85. The molecule has 0 bridgehead atoms. The third-order valence-electron chi connectivity index (χ3n) is 3.59. The van der Waals surface area contributed by atoms with Crippen LogP contribution in [0.4, 0.5) is 21.8 Å². The number of nitrogens with zero attached hydrogens (tertiary/aromatic N) is 5. The molecule has 3 rings (SSSR count). The van der Waals surface area contributed by atoms with Crippen LogP contribution < -0.4 is 10.6 Å². The second kappa shape index (κ2) is 7.40. The Hall–Kier alpha value is -3.80. The minimum atomic E-state index is -0.569. The quantitative estimate of drug-likeness (QED) is 0.588. The molecule has 2 aromatic heterocycles. The number of benzene rings is 1. The largest absolute Gasteiger partial charge is 0.365 e. The van der Waals surface area contributed by atoms with Gasteiger partial charge in [0.1, 0.15) is 17.7 Å². The summed E-state index contributed by atoms with van der Waals surface area (Å²) in [7, 11) is 1.79. The molecule has 0 fully saturated rings. The van der Waals surface area contributed by atoms with Gasteiger partial charge in [0.05, 0.1) is 23.0 Å². The minimum absolute atomic E-state index is 0. The first-order valence-electron chi connectivity index (χ1n) is 7.65. The maximum Gasteiger partial charge on any atom is 0.229 e. The van der Waals surface area contributed by atoms with E-state index in [1.54, 1.807) is 36.3 Å². The predicted molar refractivity (Wildman–Crippen MR) is 97.0 cm³/mol. The molecule has 8 nitrogen and oxygen atoms in total. The first-order valence-corrected chi connectivity index (χ1v) is 7.65. The molecule has 0 saturated heterocycles. The summed E-state index contributed by atoms with van der Waals surface area (Å²) in [4.78, 5) is 8.50. The average Bonchev–Trinajstić information content (AvgIpc) is 3.05. The SMILES string of the molecule is Cn1cc(Nc2ncc(C=N)c(NCc3cccc(F)c3C#N)n2)cn1.[HH]. The lowest BCUT2D eigenvalue weighted by Crippen LogP contribution is -2.09. The Morgan fingerprint density at radius 3 is 2.96 bits per heavy atom. The van der Waals surface area contributed by atoms with Gasteiger partial charge >= 0.3 is 0 Å². The van der Waals surface area contributed by atoms with Crippen LogP contribution in [0.5, 0.6) is 0 Å².